The van der Waals surface area contributed by atoms with E-state index < -0.39 is 199 Å². The van der Waals surface area contributed by atoms with Gasteiger partial charge in [-0.2, -0.15) is 0 Å². The molecule has 7 aromatic rings. The highest BCUT2D eigenvalue weighted by molar-refractivity contribution is 7.87. The molecule has 0 spiro atoms. The minimum absolute atomic E-state index is 0.0618. The van der Waals surface area contributed by atoms with E-state index in [-0.39, 0.29) is 28.2 Å². The Hall–Kier alpha value is -10.4. The van der Waals surface area contributed by atoms with Gasteiger partial charge in [-0.15, -0.1) is 0 Å². The Morgan fingerprint density at radius 1 is 0.267 bits per heavy atom. The highest BCUT2D eigenvalue weighted by Crippen LogP contribution is 2.21. The third-order valence-electron chi connectivity index (χ3n) is 13.9. The van der Waals surface area contributed by atoms with Crippen LogP contribution in [0.4, 0.5) is 5.69 Å². The van der Waals surface area contributed by atoms with E-state index in [2.05, 4.69) is 33.2 Å². The van der Waals surface area contributed by atoms with Crippen molar-refractivity contribution in [2.45, 2.75) is 55.4 Å². The van der Waals surface area contributed by atoms with E-state index in [1.54, 1.807) is 131 Å². The van der Waals surface area contributed by atoms with Crippen molar-refractivity contribution in [3.05, 3.63) is 229 Å². The third-order valence-corrected chi connectivity index (χ3v) is 18.5. The van der Waals surface area contributed by atoms with Gasteiger partial charge >= 0.3 is 41.8 Å². The molecule has 116 heavy (non-hydrogen) atoms. The molecule has 0 fully saturated rings. The van der Waals surface area contributed by atoms with Crippen LogP contribution in [0.15, 0.2) is 146 Å². The van der Waals surface area contributed by atoms with Gasteiger partial charge in [0, 0.05) is 5.69 Å². The zero-order valence-corrected chi connectivity index (χ0v) is 68.6. The van der Waals surface area contributed by atoms with Crippen molar-refractivity contribution in [2.24, 2.45) is 0 Å². The fourth-order valence-electron chi connectivity index (χ4n) is 7.78. The second-order valence-electron chi connectivity index (χ2n) is 23.7. The van der Waals surface area contributed by atoms with Crippen LogP contribution in [0.25, 0.3) is 0 Å². The summed E-state index contributed by atoms with van der Waals surface area (Å²) in [5.41, 5.74) is 14.5. The number of carbonyl (C=O) groups excluding carboxylic acids is 7. The number of rotatable bonds is 28. The number of nitrogen functional groups attached to an aromatic ring is 1. The molecule has 0 aliphatic rings. The molecule has 0 radical (unpaired) electrons. The van der Waals surface area contributed by atoms with Gasteiger partial charge in [-0.05, 0) is 168 Å². The van der Waals surface area contributed by atoms with Crippen molar-refractivity contribution in [1.82, 2.24) is 0 Å². The van der Waals surface area contributed by atoms with Gasteiger partial charge in [-0.1, -0.05) is 77.4 Å². The van der Waals surface area contributed by atoms with E-state index >= 15 is 0 Å². The van der Waals surface area contributed by atoms with Crippen molar-refractivity contribution < 1.29 is 168 Å². The second-order valence-corrected chi connectivity index (χ2v) is 34.4. The molecule has 0 bridgehead atoms. The van der Waals surface area contributed by atoms with Crippen molar-refractivity contribution in [3.8, 4) is 11.5 Å². The monoisotopic (exact) mass is 1760 g/mol. The summed E-state index contributed by atoms with van der Waals surface area (Å²) in [4.78, 5) is 79.8. The first-order chi connectivity index (χ1) is 53.3. The van der Waals surface area contributed by atoms with Gasteiger partial charge in [-0.3, -0.25) is 0 Å². The lowest BCUT2D eigenvalue weighted by molar-refractivity contribution is 0.0514. The average molecular weight is 1760 g/mol. The molecule has 38 nitrogen and oxygen atoms in total. The SMILES string of the molecule is Cc1cc(C(=O)OCCS(=O)(=O)[O-])ccc1N.Cc1ccc(C(=O)OCCS(=O)(=O)[O-])c(O)c1.Cc1ccc(C(=O)OCCS(=O)(=O)[O-])cc1.Cc1ccc(C(=O)OCCS(=O)(=O)[O-])cc1C.Cc1ccc(O)c(C(=O)OCCS(=O)(=O)[O-])c1.Cc1cccc(C(=O)OCCS(=O)(=O)[O-])c1.Cc1ccccc1C(=O)OCCS(=O)(=O)[O-]. The van der Waals surface area contributed by atoms with Gasteiger partial charge in [0.1, 0.15) is 68.9 Å². The summed E-state index contributed by atoms with van der Waals surface area (Å²) in [5.74, 6) is -10.6. The number of carbonyl (C=O) groups is 7. The maximum atomic E-state index is 11.5. The van der Waals surface area contributed by atoms with Crippen LogP contribution in [-0.4, -0.2) is 229 Å². The summed E-state index contributed by atoms with van der Waals surface area (Å²) >= 11 is 0. The van der Waals surface area contributed by atoms with Crippen LogP contribution in [0.3, 0.4) is 0 Å². The van der Waals surface area contributed by atoms with Crippen LogP contribution < -0.4 is 5.73 Å². The summed E-state index contributed by atoms with van der Waals surface area (Å²) in [5, 5.41) is 18.8. The molecule has 7 rings (SSSR count). The molecule has 0 aliphatic heterocycles. The van der Waals surface area contributed by atoms with E-state index in [0.29, 0.717) is 27.9 Å². The lowest BCUT2D eigenvalue weighted by Gasteiger charge is -2.09. The first-order valence-corrected chi connectivity index (χ1v) is 43.8. The summed E-state index contributed by atoms with van der Waals surface area (Å²) in [6.07, 6.45) is 0. The lowest BCUT2D eigenvalue weighted by atomic mass is 10.1. The number of benzene rings is 7. The number of aryl methyl sites for hydroxylation is 8. The summed E-state index contributed by atoms with van der Waals surface area (Å²) in [6.45, 7) is 11.2. The summed E-state index contributed by atoms with van der Waals surface area (Å²) in [6, 6.07) is 38.3. The number of phenols is 2. The first kappa shape index (κ1) is 104. The standard InChI is InChI=1S/C11H14O5S.C10H13NO5S.2C10H12O6S.3C10H12O5S/c1-8-3-4-10(7-9(8)2)11(12)16-5-6-17(13,14)15;1-7-6-8(2-3-9(7)11)10(12)16-4-5-17(13,14)15;1-7-2-3-9(11)8(6-7)10(12)16-4-5-17(13,14)15;1-7-2-3-8(9(11)6-7)10(12)16-4-5-17(13,14)15;1-8-2-4-9(5-3-8)10(11)15-6-7-16(12,13)14;1-8-3-2-4-9(7-8)10(11)15-5-6-16(12,13)14;1-8-4-2-3-5-9(8)10(11)15-6-7-16(12,13)14/h3-4,7H,5-6H2,1-2H3,(H,13,14,15);2-3,6H,4-5,11H2,1H3,(H,13,14,15);2*2-3,6,11H,4-5H2,1H3,(H,13,14,15);2-5H,6-7H2,1H3,(H,12,13,14);2-4,7H,5-6H2,1H3,(H,12,13,14);2-5H,6-7H2,1H3,(H,12,13,14)/p-7. The quantitative estimate of drug-likeness (QED) is 0.0268. The Kier molecular flexibility index (Phi) is 43.6. The first-order valence-electron chi connectivity index (χ1n) is 32.8. The molecule has 0 aromatic heterocycles. The van der Waals surface area contributed by atoms with Crippen LogP contribution in [0.5, 0.6) is 11.5 Å². The Morgan fingerprint density at radius 3 is 0.948 bits per heavy atom. The van der Waals surface area contributed by atoms with Crippen LogP contribution in [-0.2, 0) is 104 Å². The number of phenolic OH excluding ortho intramolecular Hbond substituents is 2. The predicted molar refractivity (Wildman–Crippen MR) is 405 cm³/mol. The van der Waals surface area contributed by atoms with Crippen molar-refractivity contribution >= 4 is 118 Å². The molecular formula is C71H80NO37S7-7. The van der Waals surface area contributed by atoms with Gasteiger partial charge in [0.2, 0.25) is 0 Å². The minimum atomic E-state index is -4.41. The molecule has 0 heterocycles. The van der Waals surface area contributed by atoms with Gasteiger partial charge < -0.3 is 81.0 Å². The van der Waals surface area contributed by atoms with E-state index in [4.69, 9.17) is 5.73 Å². The maximum Gasteiger partial charge on any atom is 0.341 e. The normalized spacial score (nSPS) is 11.2. The van der Waals surface area contributed by atoms with Crippen molar-refractivity contribution in [2.75, 3.05) is 92.3 Å². The number of hydrogen-bond donors (Lipinski definition) is 3. The van der Waals surface area contributed by atoms with Gasteiger partial charge in [-0.25, -0.2) is 92.5 Å². The lowest BCUT2D eigenvalue weighted by Crippen LogP contribution is -2.15. The highest BCUT2D eigenvalue weighted by atomic mass is 32.2. The Labute approximate surface area is 670 Å². The number of aromatic hydroxyl groups is 2. The Balaban J connectivity index is 0.000000677. The smallest absolute Gasteiger partial charge is 0.341 e. The molecule has 0 saturated heterocycles. The molecule has 0 aliphatic carbocycles. The largest absolute Gasteiger partial charge is 0.748 e. The predicted octanol–water partition coefficient (Wildman–Crippen LogP) is 4.18. The number of anilines is 1. The zero-order chi connectivity index (χ0) is 88.8. The molecule has 640 valence electrons. The Morgan fingerprint density at radius 2 is 0.578 bits per heavy atom. The van der Waals surface area contributed by atoms with Crippen molar-refractivity contribution in [3.63, 3.8) is 0 Å². The fourth-order valence-corrected chi connectivity index (χ4v) is 9.80. The third kappa shape index (κ3) is 48.7. The molecule has 0 unspecified atom stereocenters. The number of hydrogen-bond acceptors (Lipinski definition) is 38. The molecule has 45 heteroatoms. The van der Waals surface area contributed by atoms with Crippen LogP contribution >= 0.6 is 0 Å². The van der Waals surface area contributed by atoms with Crippen LogP contribution in [0.2, 0.25) is 0 Å². The second kappa shape index (κ2) is 48.8. The van der Waals surface area contributed by atoms with Gasteiger partial charge in [0.15, 0.2) is 0 Å². The van der Waals surface area contributed by atoms with E-state index in [9.17, 15) is 135 Å². The zero-order valence-electron chi connectivity index (χ0n) is 62.9. The summed E-state index contributed by atoms with van der Waals surface area (Å²) in [7, 11) is -30.5. The van der Waals surface area contributed by atoms with Crippen molar-refractivity contribution in [1.29, 1.82) is 0 Å². The summed E-state index contributed by atoms with van der Waals surface area (Å²) < 4.78 is 248. The Bertz CT molecular complexity index is 5270. The average Bonchev–Trinajstić information content (AvgIpc) is 0.874. The van der Waals surface area contributed by atoms with Gasteiger partial charge in [0.25, 0.3) is 0 Å². The van der Waals surface area contributed by atoms with E-state index in [1.807, 2.05) is 33.8 Å². The molecule has 7 aromatic carbocycles. The number of ether oxygens (including phenoxy) is 7. The maximum absolute atomic E-state index is 11.5. The van der Waals surface area contributed by atoms with E-state index in [1.165, 1.54) is 36.4 Å². The van der Waals surface area contributed by atoms with Gasteiger partial charge in [0.05, 0.1) is 139 Å². The molecule has 4 N–H and O–H groups in total. The van der Waals surface area contributed by atoms with E-state index in [0.717, 1.165) is 44.5 Å². The molecule has 0 saturated carbocycles. The fraction of sp³-hybridized carbons (Fsp3) is 0.310. The minimum Gasteiger partial charge on any atom is -0.748 e. The van der Waals surface area contributed by atoms with Crippen LogP contribution in [0.1, 0.15) is 117 Å². The molecule has 0 amide bonds. The molecule has 0 atom stereocenters. The topological polar surface area (TPSA) is 651 Å². The van der Waals surface area contributed by atoms with Crippen LogP contribution in [0, 0.1) is 55.4 Å². The number of esters is 7. The number of nitrogens with two attached hydrogens (primary N) is 1. The highest BCUT2D eigenvalue weighted by Gasteiger charge is 2.17. The molecular weight excluding hydrogens is 1680 g/mol.